The first-order valence-corrected chi connectivity index (χ1v) is 9.98. The molecule has 160 valence electrons. The van der Waals surface area contributed by atoms with E-state index in [2.05, 4.69) is 22.9 Å². The van der Waals surface area contributed by atoms with Gasteiger partial charge in [-0.1, -0.05) is 6.07 Å². The Labute approximate surface area is 183 Å². The summed E-state index contributed by atoms with van der Waals surface area (Å²) in [4.78, 5) is 35.0. The summed E-state index contributed by atoms with van der Waals surface area (Å²) in [5, 5.41) is 0. The molecule has 2 aliphatic heterocycles. The topological polar surface area (TPSA) is 66.0 Å². The Morgan fingerprint density at radius 3 is 2.33 bits per heavy atom. The van der Waals surface area contributed by atoms with Crippen LogP contribution < -0.4 is 9.80 Å². The molecule has 0 bridgehead atoms. The zero-order valence-corrected chi connectivity index (χ0v) is 18.3. The number of aryl methyl sites for hydroxylation is 2. The van der Waals surface area contributed by atoms with Crippen LogP contribution in [-0.2, 0) is 4.74 Å². The number of aromatic nitrogens is 1. The van der Waals surface area contributed by atoms with Gasteiger partial charge in [0.15, 0.2) is 0 Å². The van der Waals surface area contributed by atoms with Gasteiger partial charge in [-0.25, -0.2) is 9.78 Å². The van der Waals surface area contributed by atoms with Crippen LogP contribution >= 0.6 is 12.4 Å². The maximum absolute atomic E-state index is 12.9. The Kier molecular flexibility index (Phi) is 6.51. The van der Waals surface area contributed by atoms with E-state index in [4.69, 9.17) is 4.74 Å². The number of piperazine rings is 1. The van der Waals surface area contributed by atoms with Gasteiger partial charge in [-0.2, -0.15) is 0 Å². The Balaban J connectivity index is 0.00000256. The summed E-state index contributed by atoms with van der Waals surface area (Å²) < 4.78 is 5.16. The van der Waals surface area contributed by atoms with Crippen molar-refractivity contribution in [3.05, 3.63) is 53.2 Å². The van der Waals surface area contributed by atoms with E-state index in [1.165, 1.54) is 0 Å². The van der Waals surface area contributed by atoms with Crippen molar-refractivity contribution < 1.29 is 14.3 Å². The molecule has 0 spiro atoms. The van der Waals surface area contributed by atoms with Gasteiger partial charge in [0.05, 0.1) is 6.54 Å². The summed E-state index contributed by atoms with van der Waals surface area (Å²) in [5.41, 5.74) is 3.70. The van der Waals surface area contributed by atoms with Crippen LogP contribution in [0, 0.1) is 13.8 Å². The fourth-order valence-electron chi connectivity index (χ4n) is 3.94. The number of hydrogen-bond donors (Lipinski definition) is 0. The number of benzene rings is 1. The molecule has 4 rings (SSSR count). The number of nitrogens with zero attached hydrogens (tertiary/aromatic N) is 4. The summed E-state index contributed by atoms with van der Waals surface area (Å²) in [7, 11) is 0. The SMILES string of the molecule is Cc1cnc(N2CCN(C(=O)c3ccc(N4C[C@@H](C)OC4=O)cc3)CC2)c(C)c1.Cl. The zero-order valence-electron chi connectivity index (χ0n) is 17.5. The zero-order chi connectivity index (χ0) is 20.5. The van der Waals surface area contributed by atoms with Gasteiger partial charge in [-0.15, -0.1) is 12.4 Å². The van der Waals surface area contributed by atoms with Crippen molar-refractivity contribution in [2.24, 2.45) is 0 Å². The molecule has 0 saturated carbocycles. The Morgan fingerprint density at radius 1 is 1.10 bits per heavy atom. The van der Waals surface area contributed by atoms with E-state index in [-0.39, 0.29) is 30.5 Å². The molecule has 1 aromatic carbocycles. The standard InChI is InChI=1S/C22H26N4O3.ClH/c1-15-12-16(2)20(23-13-15)24-8-10-25(11-9-24)21(27)18-4-6-19(7-5-18)26-14-17(3)29-22(26)28;/h4-7,12-13,17H,8-11,14H2,1-3H3;1H/t17-;/m1./s1. The van der Waals surface area contributed by atoms with Gasteiger partial charge in [0.2, 0.25) is 0 Å². The van der Waals surface area contributed by atoms with Crippen molar-refractivity contribution in [3.63, 3.8) is 0 Å². The number of carbonyl (C=O) groups excluding carboxylic acids is 2. The lowest BCUT2D eigenvalue weighted by Crippen LogP contribution is -2.49. The largest absolute Gasteiger partial charge is 0.444 e. The summed E-state index contributed by atoms with van der Waals surface area (Å²) in [5.74, 6) is 1.01. The third-order valence-electron chi connectivity index (χ3n) is 5.44. The molecule has 0 aliphatic carbocycles. The maximum atomic E-state index is 12.9. The molecule has 2 aliphatic rings. The third kappa shape index (κ3) is 4.36. The second-order valence-electron chi connectivity index (χ2n) is 7.78. The van der Waals surface area contributed by atoms with Gasteiger partial charge in [0.1, 0.15) is 11.9 Å². The number of carbonyl (C=O) groups is 2. The predicted molar refractivity (Wildman–Crippen MR) is 119 cm³/mol. The summed E-state index contributed by atoms with van der Waals surface area (Å²) in [6, 6.07) is 9.32. The van der Waals surface area contributed by atoms with Crippen molar-refractivity contribution in [1.29, 1.82) is 0 Å². The molecule has 7 nitrogen and oxygen atoms in total. The Morgan fingerprint density at radius 2 is 1.77 bits per heavy atom. The van der Waals surface area contributed by atoms with E-state index < -0.39 is 0 Å². The summed E-state index contributed by atoms with van der Waals surface area (Å²) in [6.45, 7) is 9.35. The number of amides is 2. The van der Waals surface area contributed by atoms with Crippen LogP contribution in [0.1, 0.15) is 28.4 Å². The quantitative estimate of drug-likeness (QED) is 0.746. The molecule has 2 fully saturated rings. The molecular weight excluding hydrogens is 404 g/mol. The first-order chi connectivity index (χ1) is 13.9. The highest BCUT2D eigenvalue weighted by atomic mass is 35.5. The number of rotatable bonds is 3. The molecule has 2 saturated heterocycles. The van der Waals surface area contributed by atoms with Crippen LogP contribution in [0.25, 0.3) is 0 Å². The summed E-state index contributed by atoms with van der Waals surface area (Å²) in [6.07, 6.45) is 1.43. The second kappa shape index (κ2) is 8.92. The smallest absolute Gasteiger partial charge is 0.414 e. The van der Waals surface area contributed by atoms with Crippen LogP contribution in [0.3, 0.4) is 0 Å². The van der Waals surface area contributed by atoms with E-state index in [1.54, 1.807) is 17.0 Å². The lowest BCUT2D eigenvalue weighted by atomic mass is 10.1. The van der Waals surface area contributed by atoms with Gasteiger partial charge >= 0.3 is 6.09 Å². The molecular formula is C22H27ClN4O3. The van der Waals surface area contributed by atoms with E-state index in [9.17, 15) is 9.59 Å². The van der Waals surface area contributed by atoms with Crippen molar-refractivity contribution >= 4 is 35.9 Å². The van der Waals surface area contributed by atoms with Gasteiger partial charge in [0.25, 0.3) is 5.91 Å². The number of hydrogen-bond acceptors (Lipinski definition) is 5. The minimum absolute atomic E-state index is 0. The monoisotopic (exact) mass is 430 g/mol. The molecule has 3 heterocycles. The van der Waals surface area contributed by atoms with Crippen molar-refractivity contribution in [2.45, 2.75) is 26.9 Å². The van der Waals surface area contributed by atoms with E-state index in [0.29, 0.717) is 25.2 Å². The fraction of sp³-hybridized carbons (Fsp3) is 0.409. The summed E-state index contributed by atoms with van der Waals surface area (Å²) >= 11 is 0. The highest BCUT2D eigenvalue weighted by Gasteiger charge is 2.29. The number of anilines is 2. The van der Waals surface area contributed by atoms with Crippen LogP contribution in [0.5, 0.6) is 0 Å². The van der Waals surface area contributed by atoms with Gasteiger partial charge < -0.3 is 14.5 Å². The molecule has 1 aromatic heterocycles. The average molecular weight is 431 g/mol. The lowest BCUT2D eigenvalue weighted by Gasteiger charge is -2.36. The Hall–Kier alpha value is -2.80. The third-order valence-corrected chi connectivity index (χ3v) is 5.44. The first-order valence-electron chi connectivity index (χ1n) is 9.98. The first kappa shape index (κ1) is 21.9. The molecule has 30 heavy (non-hydrogen) atoms. The number of halogens is 1. The van der Waals surface area contributed by atoms with E-state index >= 15 is 0 Å². The fourth-order valence-corrected chi connectivity index (χ4v) is 3.94. The Bertz CT molecular complexity index is 926. The minimum atomic E-state index is -0.340. The molecule has 0 radical (unpaired) electrons. The van der Waals surface area contributed by atoms with Crippen LogP contribution in [0.15, 0.2) is 36.5 Å². The van der Waals surface area contributed by atoms with Crippen LogP contribution in [0.2, 0.25) is 0 Å². The molecule has 0 N–H and O–H groups in total. The minimum Gasteiger partial charge on any atom is -0.444 e. The molecule has 0 unspecified atom stereocenters. The van der Waals surface area contributed by atoms with Gasteiger partial charge in [0, 0.05) is 43.6 Å². The van der Waals surface area contributed by atoms with Crippen molar-refractivity contribution in [2.75, 3.05) is 42.5 Å². The normalized spacial score (nSPS) is 18.8. The second-order valence-corrected chi connectivity index (χ2v) is 7.78. The molecule has 1 atom stereocenters. The van der Waals surface area contributed by atoms with E-state index in [0.717, 1.165) is 35.7 Å². The van der Waals surface area contributed by atoms with Gasteiger partial charge in [-0.3, -0.25) is 9.69 Å². The number of cyclic esters (lactones) is 1. The van der Waals surface area contributed by atoms with Gasteiger partial charge in [-0.05, 0) is 56.2 Å². The average Bonchev–Trinajstić information content (AvgIpc) is 3.06. The highest BCUT2D eigenvalue weighted by Crippen LogP contribution is 2.23. The lowest BCUT2D eigenvalue weighted by molar-refractivity contribution is 0.0746. The van der Waals surface area contributed by atoms with Crippen molar-refractivity contribution in [1.82, 2.24) is 9.88 Å². The molecule has 2 aromatic rings. The molecule has 2 amide bonds. The number of pyridine rings is 1. The van der Waals surface area contributed by atoms with Crippen LogP contribution in [-0.4, -0.2) is 60.7 Å². The predicted octanol–water partition coefficient (Wildman–Crippen LogP) is 3.43. The number of ether oxygens (including phenoxy) is 1. The highest BCUT2D eigenvalue weighted by molar-refractivity contribution is 5.96. The van der Waals surface area contributed by atoms with Crippen molar-refractivity contribution in [3.8, 4) is 0 Å². The van der Waals surface area contributed by atoms with E-state index in [1.807, 2.05) is 37.1 Å². The molecule has 8 heteroatoms. The maximum Gasteiger partial charge on any atom is 0.414 e. The van der Waals surface area contributed by atoms with Crippen LogP contribution in [0.4, 0.5) is 16.3 Å².